The molecule has 108 valence electrons. The van der Waals surface area contributed by atoms with Crippen molar-refractivity contribution in [1.29, 1.82) is 0 Å². The average Bonchev–Trinajstić information content (AvgIpc) is 2.37. The number of aliphatic carboxylic acids is 1. The first-order chi connectivity index (χ1) is 9.42. The van der Waals surface area contributed by atoms with Gasteiger partial charge >= 0.3 is 12.0 Å². The number of hydrogen-bond donors (Lipinski definition) is 4. The van der Waals surface area contributed by atoms with Crippen LogP contribution in [0, 0.1) is 0 Å². The number of carbonyl (C=O) groups excluding carboxylic acids is 2. The Balaban J connectivity index is 2.58. The molecule has 1 aromatic rings. The summed E-state index contributed by atoms with van der Waals surface area (Å²) in [5.41, 5.74) is 1.11. The van der Waals surface area contributed by atoms with Crippen molar-refractivity contribution in [3.63, 3.8) is 0 Å². The Kier molecular flexibility index (Phi) is 5.52. The van der Waals surface area contributed by atoms with Crippen LogP contribution in [-0.2, 0) is 9.59 Å². The number of nitrogens with one attached hydrogen (secondary N) is 3. The van der Waals surface area contributed by atoms with Gasteiger partial charge in [0.05, 0.1) is 0 Å². The molecule has 4 N–H and O–H groups in total. The molecule has 0 aliphatic heterocycles. The predicted molar refractivity (Wildman–Crippen MR) is 74.6 cm³/mol. The summed E-state index contributed by atoms with van der Waals surface area (Å²) in [6.07, 6.45) is 0.296. The molecule has 7 nitrogen and oxygen atoms in total. The molecule has 0 unspecified atom stereocenters. The zero-order chi connectivity index (χ0) is 15.1. The summed E-state index contributed by atoms with van der Waals surface area (Å²) in [6, 6.07) is 4.95. The SMILES string of the molecule is CC[C@H](NC(=O)Nc1ccc(NC(C)=O)cc1)C(=O)O. The molecule has 0 saturated heterocycles. The van der Waals surface area contributed by atoms with E-state index in [0.29, 0.717) is 17.8 Å². The maximum Gasteiger partial charge on any atom is 0.326 e. The van der Waals surface area contributed by atoms with Crippen LogP contribution < -0.4 is 16.0 Å². The zero-order valence-corrected chi connectivity index (χ0v) is 11.3. The van der Waals surface area contributed by atoms with Crippen molar-refractivity contribution in [2.75, 3.05) is 10.6 Å². The van der Waals surface area contributed by atoms with Crippen LogP contribution >= 0.6 is 0 Å². The highest BCUT2D eigenvalue weighted by Crippen LogP contribution is 2.13. The van der Waals surface area contributed by atoms with Crippen LogP contribution in [0.4, 0.5) is 16.2 Å². The summed E-state index contributed by atoms with van der Waals surface area (Å²) in [6.45, 7) is 3.07. The second-order valence-corrected chi connectivity index (χ2v) is 4.16. The lowest BCUT2D eigenvalue weighted by atomic mass is 10.2. The van der Waals surface area contributed by atoms with Crippen molar-refractivity contribution in [2.24, 2.45) is 0 Å². The maximum atomic E-state index is 11.6. The van der Waals surface area contributed by atoms with Crippen LogP contribution in [-0.4, -0.2) is 29.1 Å². The standard InChI is InChI=1S/C13H17N3O4/c1-3-11(12(18)19)16-13(20)15-10-6-4-9(5-7-10)14-8(2)17/h4-7,11H,3H2,1-2H3,(H,14,17)(H,18,19)(H2,15,16,20)/t11-/m0/s1. The Bertz CT molecular complexity index is 499. The molecule has 1 aromatic carbocycles. The van der Waals surface area contributed by atoms with Crippen LogP contribution in [0.2, 0.25) is 0 Å². The molecule has 1 rings (SSSR count). The summed E-state index contributed by atoms with van der Waals surface area (Å²) in [5.74, 6) is -1.26. The van der Waals surface area contributed by atoms with E-state index in [1.807, 2.05) is 0 Å². The van der Waals surface area contributed by atoms with E-state index in [1.54, 1.807) is 31.2 Å². The molecule has 20 heavy (non-hydrogen) atoms. The Morgan fingerprint density at radius 1 is 1.10 bits per heavy atom. The van der Waals surface area contributed by atoms with E-state index in [9.17, 15) is 14.4 Å². The van der Waals surface area contributed by atoms with Crippen molar-refractivity contribution in [3.05, 3.63) is 24.3 Å². The number of carboxylic acid groups (broad SMARTS) is 1. The largest absolute Gasteiger partial charge is 0.480 e. The zero-order valence-electron chi connectivity index (χ0n) is 11.3. The second kappa shape index (κ2) is 7.13. The minimum atomic E-state index is -1.08. The summed E-state index contributed by atoms with van der Waals surface area (Å²) in [5, 5.41) is 16.3. The molecule has 0 bridgehead atoms. The van der Waals surface area contributed by atoms with Crippen LogP contribution in [0.5, 0.6) is 0 Å². The number of urea groups is 1. The van der Waals surface area contributed by atoms with Gasteiger partial charge in [-0.1, -0.05) is 6.92 Å². The van der Waals surface area contributed by atoms with Gasteiger partial charge in [0, 0.05) is 18.3 Å². The molecule has 0 aliphatic rings. The van der Waals surface area contributed by atoms with Crippen molar-refractivity contribution < 1.29 is 19.5 Å². The number of rotatable bonds is 5. The minimum Gasteiger partial charge on any atom is -0.480 e. The Hall–Kier alpha value is -2.57. The monoisotopic (exact) mass is 279 g/mol. The van der Waals surface area contributed by atoms with Gasteiger partial charge in [-0.15, -0.1) is 0 Å². The third kappa shape index (κ3) is 4.97. The summed E-state index contributed by atoms with van der Waals surface area (Å²) >= 11 is 0. The fourth-order valence-corrected chi connectivity index (χ4v) is 1.50. The van der Waals surface area contributed by atoms with Crippen molar-refractivity contribution >= 4 is 29.3 Å². The lowest BCUT2D eigenvalue weighted by molar-refractivity contribution is -0.139. The maximum absolute atomic E-state index is 11.6. The molecule has 0 aromatic heterocycles. The van der Waals surface area contributed by atoms with Crippen LogP contribution in [0.3, 0.4) is 0 Å². The van der Waals surface area contributed by atoms with Gasteiger partial charge in [0.25, 0.3) is 0 Å². The minimum absolute atomic E-state index is 0.185. The van der Waals surface area contributed by atoms with E-state index in [2.05, 4.69) is 16.0 Å². The van der Waals surface area contributed by atoms with Crippen molar-refractivity contribution in [2.45, 2.75) is 26.3 Å². The van der Waals surface area contributed by atoms with Gasteiger partial charge in [0.1, 0.15) is 6.04 Å². The first kappa shape index (κ1) is 15.5. The summed E-state index contributed by atoms with van der Waals surface area (Å²) in [7, 11) is 0. The first-order valence-corrected chi connectivity index (χ1v) is 6.10. The van der Waals surface area contributed by atoms with Gasteiger partial charge in [-0.05, 0) is 30.7 Å². The van der Waals surface area contributed by atoms with E-state index in [4.69, 9.17) is 5.11 Å². The normalized spacial score (nSPS) is 11.3. The van der Waals surface area contributed by atoms with E-state index in [0.717, 1.165) is 0 Å². The highest BCUT2D eigenvalue weighted by molar-refractivity contribution is 5.93. The fourth-order valence-electron chi connectivity index (χ4n) is 1.50. The topological polar surface area (TPSA) is 108 Å². The van der Waals surface area contributed by atoms with Gasteiger partial charge in [-0.25, -0.2) is 9.59 Å². The highest BCUT2D eigenvalue weighted by atomic mass is 16.4. The molecule has 3 amide bonds. The Labute approximate surface area is 116 Å². The lowest BCUT2D eigenvalue weighted by Gasteiger charge is -2.13. The van der Waals surface area contributed by atoms with Crippen LogP contribution in [0.1, 0.15) is 20.3 Å². The number of amides is 3. The predicted octanol–water partition coefficient (Wildman–Crippen LogP) is 1.63. The number of benzene rings is 1. The molecule has 0 spiro atoms. The number of anilines is 2. The van der Waals surface area contributed by atoms with Gasteiger partial charge < -0.3 is 21.1 Å². The third-order valence-corrected chi connectivity index (χ3v) is 2.47. The molecule has 0 aliphatic carbocycles. The molecule has 0 saturated carbocycles. The van der Waals surface area contributed by atoms with Crippen molar-refractivity contribution in [1.82, 2.24) is 5.32 Å². The van der Waals surface area contributed by atoms with Gasteiger partial charge in [0.15, 0.2) is 0 Å². The highest BCUT2D eigenvalue weighted by Gasteiger charge is 2.17. The van der Waals surface area contributed by atoms with Gasteiger partial charge in [-0.2, -0.15) is 0 Å². The van der Waals surface area contributed by atoms with E-state index in [-0.39, 0.29) is 5.91 Å². The molecule has 0 fully saturated rings. The second-order valence-electron chi connectivity index (χ2n) is 4.16. The number of carboxylic acids is 1. The molecular formula is C13H17N3O4. The number of hydrogen-bond acceptors (Lipinski definition) is 3. The van der Waals surface area contributed by atoms with Crippen molar-refractivity contribution in [3.8, 4) is 0 Å². The van der Waals surface area contributed by atoms with E-state index in [1.165, 1.54) is 6.92 Å². The molecule has 0 radical (unpaired) electrons. The van der Waals surface area contributed by atoms with Gasteiger partial charge in [-0.3, -0.25) is 4.79 Å². The number of carbonyl (C=O) groups is 3. The molecule has 1 atom stereocenters. The average molecular weight is 279 g/mol. The smallest absolute Gasteiger partial charge is 0.326 e. The summed E-state index contributed by atoms with van der Waals surface area (Å²) in [4.78, 5) is 33.2. The fraction of sp³-hybridized carbons (Fsp3) is 0.308. The van der Waals surface area contributed by atoms with E-state index >= 15 is 0 Å². The van der Waals surface area contributed by atoms with E-state index < -0.39 is 18.0 Å². The molecule has 0 heterocycles. The summed E-state index contributed by atoms with van der Waals surface area (Å²) < 4.78 is 0. The van der Waals surface area contributed by atoms with Crippen LogP contribution in [0.15, 0.2) is 24.3 Å². The van der Waals surface area contributed by atoms with Gasteiger partial charge in [0.2, 0.25) is 5.91 Å². The Morgan fingerprint density at radius 2 is 1.60 bits per heavy atom. The molecular weight excluding hydrogens is 262 g/mol. The third-order valence-electron chi connectivity index (χ3n) is 2.47. The first-order valence-electron chi connectivity index (χ1n) is 6.10. The Morgan fingerprint density at radius 3 is 2.00 bits per heavy atom. The quantitative estimate of drug-likeness (QED) is 0.657. The molecule has 7 heteroatoms. The lowest BCUT2D eigenvalue weighted by Crippen LogP contribution is -2.42. The van der Waals surface area contributed by atoms with Crippen LogP contribution in [0.25, 0.3) is 0 Å².